The van der Waals surface area contributed by atoms with Crippen LogP contribution in [0.5, 0.6) is 0 Å². The molecule has 3 nitrogen and oxygen atoms in total. The van der Waals surface area contributed by atoms with E-state index in [1.165, 1.54) is 38.5 Å². The minimum absolute atomic E-state index is 0.152. The SMILES string of the molecule is O=C(O)C(CNC1CCC1)C1CCCCC1. The van der Waals surface area contributed by atoms with Gasteiger partial charge in [0.25, 0.3) is 0 Å². The number of carboxylic acids is 1. The summed E-state index contributed by atoms with van der Waals surface area (Å²) in [7, 11) is 0. The molecule has 0 saturated heterocycles. The first-order valence-electron chi connectivity index (χ1n) is 6.73. The molecule has 1 atom stereocenters. The first-order chi connectivity index (χ1) is 7.77. The normalized spacial score (nSPS) is 25.0. The summed E-state index contributed by atoms with van der Waals surface area (Å²) in [5, 5.41) is 12.7. The lowest BCUT2D eigenvalue weighted by Gasteiger charge is -2.32. The molecule has 2 aliphatic carbocycles. The van der Waals surface area contributed by atoms with Crippen LogP contribution in [0, 0.1) is 11.8 Å². The molecule has 2 saturated carbocycles. The predicted molar refractivity (Wildman–Crippen MR) is 63.3 cm³/mol. The Hall–Kier alpha value is -0.570. The molecule has 0 aromatic heterocycles. The van der Waals surface area contributed by atoms with E-state index in [-0.39, 0.29) is 5.92 Å². The van der Waals surface area contributed by atoms with Crippen molar-refractivity contribution < 1.29 is 9.90 Å². The number of aliphatic carboxylic acids is 1. The van der Waals surface area contributed by atoms with Crippen molar-refractivity contribution in [3.05, 3.63) is 0 Å². The van der Waals surface area contributed by atoms with Gasteiger partial charge in [-0.1, -0.05) is 25.7 Å². The van der Waals surface area contributed by atoms with Gasteiger partial charge in [-0.2, -0.15) is 0 Å². The number of hydrogen-bond donors (Lipinski definition) is 2. The van der Waals surface area contributed by atoms with Gasteiger partial charge in [-0.3, -0.25) is 4.79 Å². The molecule has 2 N–H and O–H groups in total. The lowest BCUT2D eigenvalue weighted by molar-refractivity contribution is -0.144. The summed E-state index contributed by atoms with van der Waals surface area (Å²) in [5.74, 6) is -0.335. The minimum atomic E-state index is -0.598. The van der Waals surface area contributed by atoms with Crippen molar-refractivity contribution in [2.24, 2.45) is 11.8 Å². The Labute approximate surface area is 97.6 Å². The fraction of sp³-hybridized carbons (Fsp3) is 0.923. The van der Waals surface area contributed by atoms with Gasteiger partial charge < -0.3 is 10.4 Å². The molecule has 1 unspecified atom stereocenters. The molecule has 0 bridgehead atoms. The highest BCUT2D eigenvalue weighted by atomic mass is 16.4. The summed E-state index contributed by atoms with van der Waals surface area (Å²) < 4.78 is 0. The van der Waals surface area contributed by atoms with Crippen LogP contribution >= 0.6 is 0 Å². The Morgan fingerprint density at radius 2 is 1.81 bits per heavy atom. The molecule has 2 aliphatic rings. The van der Waals surface area contributed by atoms with Crippen LogP contribution in [0.3, 0.4) is 0 Å². The maximum Gasteiger partial charge on any atom is 0.308 e. The second-order valence-electron chi connectivity index (χ2n) is 5.38. The predicted octanol–water partition coefficient (Wildman–Crippen LogP) is 2.41. The second kappa shape index (κ2) is 5.67. The van der Waals surface area contributed by atoms with Crippen LogP contribution in [-0.2, 0) is 4.79 Å². The van der Waals surface area contributed by atoms with Crippen molar-refractivity contribution in [1.29, 1.82) is 0 Å². The molecule has 0 aromatic rings. The molecule has 3 heteroatoms. The monoisotopic (exact) mass is 225 g/mol. The Bertz CT molecular complexity index is 232. The summed E-state index contributed by atoms with van der Waals surface area (Å²) in [5.41, 5.74) is 0. The van der Waals surface area contributed by atoms with Crippen LogP contribution in [-0.4, -0.2) is 23.7 Å². The van der Waals surface area contributed by atoms with Crippen LogP contribution in [0.15, 0.2) is 0 Å². The average Bonchev–Trinajstić information content (AvgIpc) is 2.22. The molecule has 16 heavy (non-hydrogen) atoms. The van der Waals surface area contributed by atoms with Gasteiger partial charge in [-0.25, -0.2) is 0 Å². The van der Waals surface area contributed by atoms with Crippen LogP contribution in [0.2, 0.25) is 0 Å². The average molecular weight is 225 g/mol. The Morgan fingerprint density at radius 1 is 1.12 bits per heavy atom. The molecular formula is C13H23NO2. The topological polar surface area (TPSA) is 49.3 Å². The van der Waals surface area contributed by atoms with E-state index in [1.54, 1.807) is 0 Å². The lowest BCUT2D eigenvalue weighted by atomic mass is 9.79. The van der Waals surface area contributed by atoms with E-state index in [2.05, 4.69) is 5.32 Å². The van der Waals surface area contributed by atoms with E-state index >= 15 is 0 Å². The van der Waals surface area contributed by atoms with E-state index < -0.39 is 5.97 Å². The number of rotatable bonds is 5. The number of carboxylic acid groups (broad SMARTS) is 1. The van der Waals surface area contributed by atoms with Crippen LogP contribution in [0.1, 0.15) is 51.4 Å². The summed E-state index contributed by atoms with van der Waals surface area (Å²) in [6.45, 7) is 0.685. The van der Waals surface area contributed by atoms with E-state index in [1.807, 2.05) is 0 Å². The molecule has 0 heterocycles. The molecule has 0 spiro atoms. The summed E-state index contributed by atoms with van der Waals surface area (Å²) in [6, 6.07) is 0.602. The van der Waals surface area contributed by atoms with E-state index in [4.69, 9.17) is 0 Å². The third-order valence-electron chi connectivity index (χ3n) is 4.27. The third-order valence-corrected chi connectivity index (χ3v) is 4.27. The van der Waals surface area contributed by atoms with Gasteiger partial charge in [0.05, 0.1) is 5.92 Å². The molecule has 92 valence electrons. The summed E-state index contributed by atoms with van der Waals surface area (Å²) in [6.07, 6.45) is 9.73. The molecule has 0 radical (unpaired) electrons. The highest BCUT2D eigenvalue weighted by molar-refractivity contribution is 5.70. The van der Waals surface area contributed by atoms with Crippen molar-refractivity contribution in [2.45, 2.75) is 57.4 Å². The van der Waals surface area contributed by atoms with E-state index in [0.29, 0.717) is 18.5 Å². The van der Waals surface area contributed by atoms with Crippen molar-refractivity contribution in [3.63, 3.8) is 0 Å². The fourth-order valence-corrected chi connectivity index (χ4v) is 2.90. The zero-order chi connectivity index (χ0) is 11.4. The zero-order valence-electron chi connectivity index (χ0n) is 9.95. The standard InChI is InChI=1S/C13H23NO2/c15-13(16)12(9-14-11-7-4-8-11)10-5-2-1-3-6-10/h10-12,14H,1-9H2,(H,15,16). The summed E-state index contributed by atoms with van der Waals surface area (Å²) >= 11 is 0. The van der Waals surface area contributed by atoms with Crippen LogP contribution in [0.4, 0.5) is 0 Å². The van der Waals surface area contributed by atoms with E-state index in [9.17, 15) is 9.90 Å². The highest BCUT2D eigenvalue weighted by Gasteiger charge is 2.30. The van der Waals surface area contributed by atoms with E-state index in [0.717, 1.165) is 12.8 Å². The van der Waals surface area contributed by atoms with Gasteiger partial charge in [-0.05, 0) is 31.6 Å². The Kier molecular flexibility index (Phi) is 4.22. The van der Waals surface area contributed by atoms with Gasteiger partial charge in [0, 0.05) is 12.6 Å². The number of hydrogen-bond acceptors (Lipinski definition) is 2. The number of carbonyl (C=O) groups is 1. The minimum Gasteiger partial charge on any atom is -0.481 e. The van der Waals surface area contributed by atoms with Crippen molar-refractivity contribution in [1.82, 2.24) is 5.32 Å². The van der Waals surface area contributed by atoms with Crippen molar-refractivity contribution >= 4 is 5.97 Å². The largest absolute Gasteiger partial charge is 0.481 e. The van der Waals surface area contributed by atoms with Gasteiger partial charge in [0.15, 0.2) is 0 Å². The van der Waals surface area contributed by atoms with Gasteiger partial charge in [0.1, 0.15) is 0 Å². The maximum absolute atomic E-state index is 11.3. The smallest absolute Gasteiger partial charge is 0.308 e. The van der Waals surface area contributed by atoms with Gasteiger partial charge >= 0.3 is 5.97 Å². The van der Waals surface area contributed by atoms with Gasteiger partial charge in [-0.15, -0.1) is 0 Å². The molecule has 0 amide bonds. The molecular weight excluding hydrogens is 202 g/mol. The molecule has 0 aliphatic heterocycles. The van der Waals surface area contributed by atoms with Gasteiger partial charge in [0.2, 0.25) is 0 Å². The second-order valence-corrected chi connectivity index (χ2v) is 5.38. The Morgan fingerprint density at radius 3 is 2.31 bits per heavy atom. The first kappa shape index (κ1) is 11.9. The molecule has 2 fully saturated rings. The molecule has 0 aromatic carbocycles. The highest BCUT2D eigenvalue weighted by Crippen LogP contribution is 2.30. The van der Waals surface area contributed by atoms with Crippen LogP contribution in [0.25, 0.3) is 0 Å². The maximum atomic E-state index is 11.3. The van der Waals surface area contributed by atoms with Crippen molar-refractivity contribution in [2.75, 3.05) is 6.54 Å². The zero-order valence-corrected chi connectivity index (χ0v) is 9.95. The first-order valence-corrected chi connectivity index (χ1v) is 6.73. The fourth-order valence-electron chi connectivity index (χ4n) is 2.90. The summed E-state index contributed by atoms with van der Waals surface area (Å²) in [4.78, 5) is 11.3. The third kappa shape index (κ3) is 2.97. The van der Waals surface area contributed by atoms with Crippen LogP contribution < -0.4 is 5.32 Å². The Balaban J connectivity index is 1.80. The lowest BCUT2D eigenvalue weighted by Crippen LogP contribution is -2.42. The number of nitrogens with one attached hydrogen (secondary N) is 1. The van der Waals surface area contributed by atoms with Crippen molar-refractivity contribution in [3.8, 4) is 0 Å². The quantitative estimate of drug-likeness (QED) is 0.755. The molecule has 2 rings (SSSR count).